The molecule has 2 aromatic rings. The van der Waals surface area contributed by atoms with Gasteiger partial charge in [-0.25, -0.2) is 0 Å². The summed E-state index contributed by atoms with van der Waals surface area (Å²) in [5.74, 6) is -0.611. The molecular weight excluding hydrogens is 352 g/mol. The van der Waals surface area contributed by atoms with Crippen molar-refractivity contribution in [3.05, 3.63) is 69.9 Å². The number of nitrogens with zero attached hydrogens (tertiary/aromatic N) is 1. The van der Waals surface area contributed by atoms with Crippen LogP contribution in [0.1, 0.15) is 27.8 Å². The molecule has 0 spiro atoms. The van der Waals surface area contributed by atoms with Gasteiger partial charge in [-0.1, -0.05) is 35.9 Å². The quantitative estimate of drug-likeness (QED) is 0.778. The standard InChI is InChI=1S/C23H26N2O3/c1-14-9-10-18(16(3)13-14)20-21(23(27)25(22(20)26)11-12-28-5)24-19-8-6-7-15(2)17(19)4/h6-10,13,24H,11-12H2,1-5H3. The number of amides is 2. The average Bonchev–Trinajstić information content (AvgIpc) is 2.87. The van der Waals surface area contributed by atoms with Gasteiger partial charge >= 0.3 is 0 Å². The lowest BCUT2D eigenvalue weighted by molar-refractivity contribution is -0.137. The smallest absolute Gasteiger partial charge is 0.278 e. The zero-order valence-electron chi connectivity index (χ0n) is 17.1. The van der Waals surface area contributed by atoms with Crippen molar-refractivity contribution >= 4 is 23.1 Å². The molecule has 0 bridgehead atoms. The lowest BCUT2D eigenvalue weighted by Gasteiger charge is -2.15. The van der Waals surface area contributed by atoms with E-state index in [0.717, 1.165) is 33.5 Å². The zero-order chi connectivity index (χ0) is 20.4. The number of rotatable bonds is 6. The molecule has 0 aliphatic carbocycles. The van der Waals surface area contributed by atoms with Gasteiger partial charge in [0.2, 0.25) is 0 Å². The molecule has 0 radical (unpaired) electrons. The Balaban J connectivity index is 2.12. The van der Waals surface area contributed by atoms with E-state index in [4.69, 9.17) is 4.74 Å². The van der Waals surface area contributed by atoms with Gasteiger partial charge in [0.1, 0.15) is 5.70 Å². The molecule has 0 fully saturated rings. The molecule has 5 nitrogen and oxygen atoms in total. The molecular formula is C23H26N2O3. The highest BCUT2D eigenvalue weighted by atomic mass is 16.5. The number of nitrogens with one attached hydrogen (secondary N) is 1. The molecule has 146 valence electrons. The fraction of sp³-hybridized carbons (Fsp3) is 0.304. The van der Waals surface area contributed by atoms with Crippen molar-refractivity contribution in [2.75, 3.05) is 25.6 Å². The van der Waals surface area contributed by atoms with E-state index in [1.165, 1.54) is 4.90 Å². The van der Waals surface area contributed by atoms with Gasteiger partial charge in [-0.2, -0.15) is 0 Å². The highest BCUT2D eigenvalue weighted by Crippen LogP contribution is 2.33. The lowest BCUT2D eigenvalue weighted by atomic mass is 9.97. The van der Waals surface area contributed by atoms with Crippen LogP contribution in [0, 0.1) is 27.7 Å². The largest absolute Gasteiger partial charge is 0.383 e. The Morgan fingerprint density at radius 1 is 0.964 bits per heavy atom. The first-order valence-electron chi connectivity index (χ1n) is 9.35. The van der Waals surface area contributed by atoms with Crippen molar-refractivity contribution in [1.82, 2.24) is 4.90 Å². The van der Waals surface area contributed by atoms with Crippen molar-refractivity contribution in [2.24, 2.45) is 0 Å². The molecule has 0 atom stereocenters. The number of imide groups is 1. The maximum absolute atomic E-state index is 13.2. The predicted molar refractivity (Wildman–Crippen MR) is 111 cm³/mol. The van der Waals surface area contributed by atoms with Crippen molar-refractivity contribution < 1.29 is 14.3 Å². The van der Waals surface area contributed by atoms with E-state index >= 15 is 0 Å². The summed E-state index contributed by atoms with van der Waals surface area (Å²) in [6.45, 7) is 8.51. The summed E-state index contributed by atoms with van der Waals surface area (Å²) in [6.07, 6.45) is 0. The number of ether oxygens (including phenoxy) is 1. The topological polar surface area (TPSA) is 58.6 Å². The van der Waals surface area contributed by atoms with Crippen LogP contribution >= 0.6 is 0 Å². The first-order chi connectivity index (χ1) is 13.3. The number of anilines is 1. The Hall–Kier alpha value is -2.92. The Bertz CT molecular complexity index is 976. The van der Waals surface area contributed by atoms with Crippen LogP contribution in [0.15, 0.2) is 42.1 Å². The van der Waals surface area contributed by atoms with Gasteiger partial charge in [0.05, 0.1) is 18.7 Å². The zero-order valence-corrected chi connectivity index (χ0v) is 17.1. The summed E-state index contributed by atoms with van der Waals surface area (Å²) >= 11 is 0. The van der Waals surface area contributed by atoms with Gasteiger partial charge in [0, 0.05) is 12.8 Å². The molecule has 28 heavy (non-hydrogen) atoms. The summed E-state index contributed by atoms with van der Waals surface area (Å²) in [6, 6.07) is 11.8. The molecule has 1 aliphatic heterocycles. The van der Waals surface area contributed by atoms with E-state index < -0.39 is 0 Å². The van der Waals surface area contributed by atoms with Gasteiger partial charge < -0.3 is 10.1 Å². The van der Waals surface area contributed by atoms with Crippen molar-refractivity contribution in [2.45, 2.75) is 27.7 Å². The Kier molecular flexibility index (Phi) is 5.66. The molecule has 0 saturated carbocycles. The van der Waals surface area contributed by atoms with Crippen LogP contribution in [0.4, 0.5) is 5.69 Å². The van der Waals surface area contributed by atoms with E-state index in [0.29, 0.717) is 17.9 Å². The summed E-state index contributed by atoms with van der Waals surface area (Å²) in [5.41, 5.74) is 6.58. The summed E-state index contributed by atoms with van der Waals surface area (Å²) in [4.78, 5) is 27.5. The monoisotopic (exact) mass is 378 g/mol. The van der Waals surface area contributed by atoms with Gasteiger partial charge in [-0.3, -0.25) is 14.5 Å². The third kappa shape index (κ3) is 3.58. The van der Waals surface area contributed by atoms with E-state index in [9.17, 15) is 9.59 Å². The molecule has 3 rings (SSSR count). The number of carbonyl (C=O) groups excluding carboxylic acids is 2. The molecule has 2 aromatic carbocycles. The van der Waals surface area contributed by atoms with Gasteiger partial charge in [0.25, 0.3) is 11.8 Å². The third-order valence-electron chi connectivity index (χ3n) is 5.20. The van der Waals surface area contributed by atoms with E-state index in [1.54, 1.807) is 7.11 Å². The molecule has 0 aromatic heterocycles. The maximum Gasteiger partial charge on any atom is 0.278 e. The molecule has 1 heterocycles. The average molecular weight is 378 g/mol. The molecule has 2 amide bonds. The molecule has 1 N–H and O–H groups in total. The van der Waals surface area contributed by atoms with E-state index in [2.05, 4.69) is 5.32 Å². The summed E-state index contributed by atoms with van der Waals surface area (Å²) in [7, 11) is 1.55. The van der Waals surface area contributed by atoms with Crippen molar-refractivity contribution in [3.8, 4) is 0 Å². The Morgan fingerprint density at radius 2 is 1.71 bits per heavy atom. The van der Waals surface area contributed by atoms with Crippen LogP contribution in [-0.2, 0) is 14.3 Å². The minimum absolute atomic E-state index is 0.223. The van der Waals surface area contributed by atoms with Crippen molar-refractivity contribution in [1.29, 1.82) is 0 Å². The second kappa shape index (κ2) is 7.98. The van der Waals surface area contributed by atoms with E-state index in [1.807, 2.05) is 64.1 Å². The molecule has 5 heteroatoms. The molecule has 0 unspecified atom stereocenters. The fourth-order valence-electron chi connectivity index (χ4n) is 3.44. The van der Waals surface area contributed by atoms with Crippen LogP contribution in [0.25, 0.3) is 5.57 Å². The van der Waals surface area contributed by atoms with Crippen LogP contribution in [0.2, 0.25) is 0 Å². The van der Waals surface area contributed by atoms with Gasteiger partial charge in [-0.15, -0.1) is 0 Å². The lowest BCUT2D eigenvalue weighted by Crippen LogP contribution is -2.35. The highest BCUT2D eigenvalue weighted by molar-refractivity contribution is 6.36. The number of hydrogen-bond donors (Lipinski definition) is 1. The number of aryl methyl sites for hydroxylation is 3. The van der Waals surface area contributed by atoms with Gasteiger partial charge in [0.15, 0.2) is 0 Å². The number of benzene rings is 2. The fourth-order valence-corrected chi connectivity index (χ4v) is 3.44. The Labute approximate surface area is 166 Å². The van der Waals surface area contributed by atoms with Gasteiger partial charge in [-0.05, 0) is 56.0 Å². The van der Waals surface area contributed by atoms with Crippen LogP contribution in [-0.4, -0.2) is 37.0 Å². The second-order valence-electron chi connectivity index (χ2n) is 7.20. The minimum Gasteiger partial charge on any atom is -0.383 e. The molecule has 0 saturated heterocycles. The highest BCUT2D eigenvalue weighted by Gasteiger charge is 2.39. The first-order valence-corrected chi connectivity index (χ1v) is 9.35. The SMILES string of the molecule is COCCN1C(=O)C(Nc2cccc(C)c2C)=C(c2ccc(C)cc2C)C1=O. The maximum atomic E-state index is 13.2. The second-order valence-corrected chi connectivity index (χ2v) is 7.20. The number of carbonyl (C=O) groups is 2. The number of methoxy groups -OCH3 is 1. The van der Waals surface area contributed by atoms with Crippen molar-refractivity contribution in [3.63, 3.8) is 0 Å². The van der Waals surface area contributed by atoms with E-state index in [-0.39, 0.29) is 18.4 Å². The first kappa shape index (κ1) is 19.8. The normalized spacial score (nSPS) is 14.2. The van der Waals surface area contributed by atoms with Crippen LogP contribution in [0.5, 0.6) is 0 Å². The third-order valence-corrected chi connectivity index (χ3v) is 5.20. The van der Waals surface area contributed by atoms with Crippen LogP contribution in [0.3, 0.4) is 0 Å². The predicted octanol–water partition coefficient (Wildman–Crippen LogP) is 3.76. The van der Waals surface area contributed by atoms with Crippen LogP contribution < -0.4 is 5.32 Å². The summed E-state index contributed by atoms with van der Waals surface area (Å²) < 4.78 is 5.08. The summed E-state index contributed by atoms with van der Waals surface area (Å²) in [5, 5.41) is 3.25. The molecule has 1 aliphatic rings. The minimum atomic E-state index is -0.321. The Morgan fingerprint density at radius 3 is 2.39 bits per heavy atom. The number of hydrogen-bond acceptors (Lipinski definition) is 4.